The second-order valence-corrected chi connectivity index (χ2v) is 2.55. The van der Waals surface area contributed by atoms with Gasteiger partial charge in [-0.3, -0.25) is 0 Å². The van der Waals surface area contributed by atoms with Crippen LogP contribution in [-0.2, 0) is 9.53 Å². The molecule has 0 unspecified atom stereocenters. The lowest BCUT2D eigenvalue weighted by molar-refractivity contribution is -0.138. The van der Waals surface area contributed by atoms with Crippen LogP contribution in [0.15, 0.2) is 11.1 Å². The lowest BCUT2D eigenvalue weighted by Gasteiger charge is -2.05. The second-order valence-electron chi connectivity index (χ2n) is 2.55. The van der Waals surface area contributed by atoms with Crippen molar-refractivity contribution < 1.29 is 9.53 Å². The van der Waals surface area contributed by atoms with E-state index in [0.717, 1.165) is 17.6 Å². The topological polar surface area (TPSA) is 61.3 Å². The highest BCUT2D eigenvalue weighted by atomic mass is 16.5. The van der Waals surface area contributed by atoms with Gasteiger partial charge in [0.25, 0.3) is 0 Å². The van der Waals surface area contributed by atoms with E-state index in [0.29, 0.717) is 6.61 Å². The smallest absolute Gasteiger partial charge is 0.333 e. The monoisotopic (exact) mass is 173 g/mol. The summed E-state index contributed by atoms with van der Waals surface area (Å²) in [6, 6.07) is 0. The van der Waals surface area contributed by atoms with Crippen LogP contribution < -0.4 is 6.15 Å². The van der Waals surface area contributed by atoms with Crippen LogP contribution >= 0.6 is 0 Å². The summed E-state index contributed by atoms with van der Waals surface area (Å²) in [7, 11) is 0. The first-order valence-corrected chi connectivity index (χ1v) is 3.96. The zero-order valence-corrected chi connectivity index (χ0v) is 8.44. The first-order chi connectivity index (χ1) is 5.13. The van der Waals surface area contributed by atoms with E-state index < -0.39 is 0 Å². The van der Waals surface area contributed by atoms with Gasteiger partial charge in [-0.15, -0.1) is 0 Å². The van der Waals surface area contributed by atoms with E-state index >= 15 is 0 Å². The summed E-state index contributed by atoms with van der Waals surface area (Å²) in [6.45, 7) is 8.08. The maximum atomic E-state index is 11.1. The SMILES string of the molecule is CCOC(=O)C(CC)=C(C)C.N. The zero-order valence-electron chi connectivity index (χ0n) is 8.44. The fourth-order valence-electron chi connectivity index (χ4n) is 0.920. The number of carbonyl (C=O) groups is 1. The fourth-order valence-corrected chi connectivity index (χ4v) is 0.920. The van der Waals surface area contributed by atoms with Crippen molar-refractivity contribution in [3.63, 3.8) is 0 Å². The summed E-state index contributed by atoms with van der Waals surface area (Å²) in [6.07, 6.45) is 0.751. The third-order valence-corrected chi connectivity index (χ3v) is 1.48. The van der Waals surface area contributed by atoms with Gasteiger partial charge in [-0.05, 0) is 27.2 Å². The average Bonchev–Trinajstić information content (AvgIpc) is 1.88. The van der Waals surface area contributed by atoms with Crippen molar-refractivity contribution in [1.82, 2.24) is 6.15 Å². The van der Waals surface area contributed by atoms with E-state index in [2.05, 4.69) is 0 Å². The van der Waals surface area contributed by atoms with Crippen molar-refractivity contribution in [2.75, 3.05) is 6.61 Å². The van der Waals surface area contributed by atoms with Gasteiger partial charge in [0.05, 0.1) is 6.61 Å². The van der Waals surface area contributed by atoms with Crippen LogP contribution in [0, 0.1) is 0 Å². The van der Waals surface area contributed by atoms with Crippen LogP contribution in [-0.4, -0.2) is 12.6 Å². The summed E-state index contributed by atoms with van der Waals surface area (Å²) in [5.74, 6) is -0.171. The van der Waals surface area contributed by atoms with Crippen molar-refractivity contribution in [2.45, 2.75) is 34.1 Å². The minimum Gasteiger partial charge on any atom is -0.463 e. The minimum atomic E-state index is -0.171. The standard InChI is InChI=1S/C9H16O2.H3N/c1-5-8(7(3)4)9(10)11-6-2;/h5-6H2,1-4H3;1H3. The number of hydrogen-bond donors (Lipinski definition) is 1. The highest BCUT2D eigenvalue weighted by Gasteiger charge is 2.08. The average molecular weight is 173 g/mol. The Labute approximate surface area is 74.4 Å². The van der Waals surface area contributed by atoms with Gasteiger partial charge in [-0.2, -0.15) is 0 Å². The highest BCUT2D eigenvalue weighted by Crippen LogP contribution is 2.09. The molecule has 3 nitrogen and oxygen atoms in total. The molecule has 0 rings (SSSR count). The number of hydrogen-bond acceptors (Lipinski definition) is 3. The molecular weight excluding hydrogens is 154 g/mol. The van der Waals surface area contributed by atoms with Crippen LogP contribution in [0.3, 0.4) is 0 Å². The summed E-state index contributed by atoms with van der Waals surface area (Å²) < 4.78 is 4.86. The van der Waals surface area contributed by atoms with Gasteiger partial charge in [-0.1, -0.05) is 12.5 Å². The lowest BCUT2D eigenvalue weighted by Crippen LogP contribution is -2.08. The van der Waals surface area contributed by atoms with Gasteiger partial charge in [-0.25, -0.2) is 4.79 Å². The van der Waals surface area contributed by atoms with Gasteiger partial charge < -0.3 is 10.9 Å². The maximum absolute atomic E-state index is 11.1. The van der Waals surface area contributed by atoms with Gasteiger partial charge >= 0.3 is 5.97 Å². The molecule has 0 atom stereocenters. The number of esters is 1. The van der Waals surface area contributed by atoms with Crippen molar-refractivity contribution in [3.8, 4) is 0 Å². The Bertz CT molecular complexity index is 169. The van der Waals surface area contributed by atoms with Gasteiger partial charge in [0, 0.05) is 5.57 Å². The van der Waals surface area contributed by atoms with Crippen LogP contribution in [0.1, 0.15) is 34.1 Å². The predicted octanol–water partition coefficient (Wildman–Crippen LogP) is 2.46. The van der Waals surface area contributed by atoms with E-state index in [9.17, 15) is 4.79 Å². The van der Waals surface area contributed by atoms with E-state index in [1.165, 1.54) is 0 Å². The molecule has 0 fully saturated rings. The van der Waals surface area contributed by atoms with Crippen molar-refractivity contribution >= 4 is 5.97 Å². The molecule has 3 heteroatoms. The summed E-state index contributed by atoms with van der Waals surface area (Å²) in [4.78, 5) is 11.1. The van der Waals surface area contributed by atoms with E-state index in [4.69, 9.17) is 4.74 Å². The van der Waals surface area contributed by atoms with Crippen LogP contribution in [0.4, 0.5) is 0 Å². The normalized spacial score (nSPS) is 8.33. The first kappa shape index (κ1) is 13.7. The largest absolute Gasteiger partial charge is 0.463 e. The summed E-state index contributed by atoms with van der Waals surface area (Å²) in [5, 5.41) is 0. The molecule has 0 heterocycles. The molecule has 0 saturated carbocycles. The molecule has 0 saturated heterocycles. The molecule has 0 aliphatic heterocycles. The third-order valence-electron chi connectivity index (χ3n) is 1.48. The number of ether oxygens (including phenoxy) is 1. The van der Waals surface area contributed by atoms with Crippen molar-refractivity contribution in [2.24, 2.45) is 0 Å². The van der Waals surface area contributed by atoms with Crippen LogP contribution in [0.5, 0.6) is 0 Å². The number of rotatable bonds is 3. The molecule has 0 aromatic heterocycles. The molecule has 3 N–H and O–H groups in total. The Hall–Kier alpha value is -0.830. The quantitative estimate of drug-likeness (QED) is 0.526. The predicted molar refractivity (Wildman–Crippen MR) is 50.3 cm³/mol. The molecule has 0 aliphatic carbocycles. The van der Waals surface area contributed by atoms with Crippen molar-refractivity contribution in [3.05, 3.63) is 11.1 Å². The molecule has 0 aliphatic rings. The molecule has 72 valence electrons. The fraction of sp³-hybridized carbons (Fsp3) is 0.667. The molecule has 0 amide bonds. The Morgan fingerprint density at radius 3 is 2.00 bits per heavy atom. The zero-order chi connectivity index (χ0) is 8.85. The van der Waals surface area contributed by atoms with Gasteiger partial charge in [0.2, 0.25) is 0 Å². The Morgan fingerprint density at radius 2 is 1.75 bits per heavy atom. The number of allylic oxidation sites excluding steroid dienone is 1. The van der Waals surface area contributed by atoms with Crippen LogP contribution in [0.2, 0.25) is 0 Å². The highest BCUT2D eigenvalue weighted by molar-refractivity contribution is 5.89. The summed E-state index contributed by atoms with van der Waals surface area (Å²) in [5.41, 5.74) is 1.85. The molecule has 0 aromatic carbocycles. The Kier molecular flexibility index (Phi) is 7.85. The molecule has 0 bridgehead atoms. The Morgan fingerprint density at radius 1 is 1.25 bits per heavy atom. The van der Waals surface area contributed by atoms with E-state index in [-0.39, 0.29) is 12.1 Å². The van der Waals surface area contributed by atoms with Crippen LogP contribution in [0.25, 0.3) is 0 Å². The molecule has 12 heavy (non-hydrogen) atoms. The Balaban J connectivity index is 0. The second kappa shape index (κ2) is 6.85. The lowest BCUT2D eigenvalue weighted by atomic mass is 10.1. The van der Waals surface area contributed by atoms with E-state index in [1.807, 2.05) is 27.7 Å². The van der Waals surface area contributed by atoms with Gasteiger partial charge in [0.1, 0.15) is 0 Å². The maximum Gasteiger partial charge on any atom is 0.333 e. The summed E-state index contributed by atoms with van der Waals surface area (Å²) >= 11 is 0. The van der Waals surface area contributed by atoms with Gasteiger partial charge in [0.15, 0.2) is 0 Å². The molecule has 0 aromatic rings. The molecule has 0 spiro atoms. The molecule has 0 radical (unpaired) electrons. The van der Waals surface area contributed by atoms with E-state index in [1.54, 1.807) is 0 Å². The molecular formula is C9H19NO2. The first-order valence-electron chi connectivity index (χ1n) is 3.96. The third kappa shape index (κ3) is 4.13. The van der Waals surface area contributed by atoms with Crippen molar-refractivity contribution in [1.29, 1.82) is 0 Å². The minimum absolute atomic E-state index is 0. The number of carbonyl (C=O) groups excluding carboxylic acids is 1.